The van der Waals surface area contributed by atoms with Crippen LogP contribution in [0, 0.1) is 6.92 Å². The van der Waals surface area contributed by atoms with Crippen LogP contribution in [0.2, 0.25) is 5.02 Å². The van der Waals surface area contributed by atoms with Crippen LogP contribution in [0.4, 0.5) is 5.69 Å². The van der Waals surface area contributed by atoms with Gasteiger partial charge in [0.05, 0.1) is 23.9 Å². The summed E-state index contributed by atoms with van der Waals surface area (Å²) in [6, 6.07) is 9.59. The molecule has 1 fully saturated rings. The van der Waals surface area contributed by atoms with Gasteiger partial charge >= 0.3 is 0 Å². The zero-order valence-electron chi connectivity index (χ0n) is 16.1. The minimum atomic E-state index is -0.491. The van der Waals surface area contributed by atoms with Gasteiger partial charge < -0.3 is 10.1 Å². The Morgan fingerprint density at radius 3 is 2.59 bits per heavy atom. The number of hydrogen-bond donors (Lipinski definition) is 1. The maximum atomic E-state index is 13.2. The second-order valence-electron chi connectivity index (χ2n) is 7.30. The van der Waals surface area contributed by atoms with E-state index >= 15 is 0 Å². The highest BCUT2D eigenvalue weighted by molar-refractivity contribution is 6.30. The third-order valence-electron chi connectivity index (χ3n) is 5.31. The lowest BCUT2D eigenvalue weighted by Gasteiger charge is -2.28. The molecule has 27 heavy (non-hydrogen) atoms. The minimum absolute atomic E-state index is 0.0307. The number of pyridine rings is 1. The number of unbranched alkanes of at least 4 members (excludes halogenated alkanes) is 1. The molecule has 1 aromatic heterocycles. The first-order valence-corrected chi connectivity index (χ1v) is 10.1. The molecular weight excluding hydrogens is 360 g/mol. The Balaban J connectivity index is 1.76. The highest BCUT2D eigenvalue weighted by Crippen LogP contribution is 2.42. The molecule has 1 heterocycles. The molecule has 1 aromatic carbocycles. The summed E-state index contributed by atoms with van der Waals surface area (Å²) in [5.74, 6) is 0.665. The molecule has 0 spiro atoms. The van der Waals surface area contributed by atoms with Crippen molar-refractivity contribution in [2.24, 2.45) is 0 Å². The summed E-state index contributed by atoms with van der Waals surface area (Å²) in [4.78, 5) is 17.6. The van der Waals surface area contributed by atoms with Crippen molar-refractivity contribution in [3.8, 4) is 5.88 Å². The molecule has 0 unspecified atom stereocenters. The molecule has 2 aromatic rings. The Morgan fingerprint density at radius 2 is 1.96 bits per heavy atom. The molecule has 1 saturated carbocycles. The zero-order valence-corrected chi connectivity index (χ0v) is 16.8. The lowest BCUT2D eigenvalue weighted by molar-refractivity contribution is -0.121. The van der Waals surface area contributed by atoms with Gasteiger partial charge in [0.1, 0.15) is 0 Å². The van der Waals surface area contributed by atoms with E-state index in [1.165, 1.54) is 0 Å². The van der Waals surface area contributed by atoms with Crippen LogP contribution in [0.25, 0.3) is 0 Å². The van der Waals surface area contributed by atoms with Crippen molar-refractivity contribution >= 4 is 23.2 Å². The number of amides is 1. The van der Waals surface area contributed by atoms with Crippen LogP contribution in [-0.2, 0) is 10.2 Å². The number of rotatable bonds is 7. The Morgan fingerprint density at radius 1 is 1.26 bits per heavy atom. The van der Waals surface area contributed by atoms with E-state index in [0.29, 0.717) is 23.2 Å². The van der Waals surface area contributed by atoms with E-state index in [-0.39, 0.29) is 5.91 Å². The van der Waals surface area contributed by atoms with Crippen molar-refractivity contribution in [1.29, 1.82) is 0 Å². The first kappa shape index (κ1) is 19.7. The van der Waals surface area contributed by atoms with Crippen LogP contribution in [0.15, 0.2) is 36.5 Å². The summed E-state index contributed by atoms with van der Waals surface area (Å²) in [7, 11) is 0. The normalized spacial score (nSPS) is 15.5. The zero-order chi connectivity index (χ0) is 19.3. The quantitative estimate of drug-likeness (QED) is 0.623. The molecule has 0 aliphatic heterocycles. The number of nitrogens with one attached hydrogen (secondary N) is 1. The smallest absolute Gasteiger partial charge is 0.235 e. The largest absolute Gasteiger partial charge is 0.477 e. The number of aryl methyl sites for hydroxylation is 1. The summed E-state index contributed by atoms with van der Waals surface area (Å²) in [6.07, 6.45) is 7.57. The molecule has 0 saturated heterocycles. The number of carbonyl (C=O) groups excluding carboxylic acids is 1. The summed E-state index contributed by atoms with van der Waals surface area (Å²) >= 11 is 6.03. The van der Waals surface area contributed by atoms with Crippen molar-refractivity contribution in [1.82, 2.24) is 4.98 Å². The average Bonchev–Trinajstić information content (AvgIpc) is 3.15. The van der Waals surface area contributed by atoms with Crippen LogP contribution in [0.3, 0.4) is 0 Å². The van der Waals surface area contributed by atoms with Crippen molar-refractivity contribution in [3.63, 3.8) is 0 Å². The van der Waals surface area contributed by atoms with Gasteiger partial charge in [-0.1, -0.05) is 49.9 Å². The van der Waals surface area contributed by atoms with E-state index in [1.54, 1.807) is 6.20 Å². The lowest BCUT2D eigenvalue weighted by Crippen LogP contribution is -2.38. The molecule has 0 bridgehead atoms. The monoisotopic (exact) mass is 386 g/mol. The number of ether oxygens (including phenoxy) is 1. The predicted molar refractivity (Wildman–Crippen MR) is 110 cm³/mol. The van der Waals surface area contributed by atoms with Gasteiger partial charge in [-0.3, -0.25) is 4.79 Å². The fraction of sp³-hybridized carbons (Fsp3) is 0.455. The molecule has 0 radical (unpaired) electrons. The van der Waals surface area contributed by atoms with Crippen molar-refractivity contribution in [2.45, 2.75) is 57.8 Å². The molecular formula is C22H27ClN2O2. The summed E-state index contributed by atoms with van der Waals surface area (Å²) in [5, 5.41) is 3.77. The van der Waals surface area contributed by atoms with Gasteiger partial charge in [-0.2, -0.15) is 0 Å². The molecule has 144 valence electrons. The molecule has 1 N–H and O–H groups in total. The molecule has 4 nitrogen and oxygen atoms in total. The fourth-order valence-electron chi connectivity index (χ4n) is 3.74. The van der Waals surface area contributed by atoms with Crippen LogP contribution < -0.4 is 10.1 Å². The first-order chi connectivity index (χ1) is 13.0. The third-order valence-corrected chi connectivity index (χ3v) is 5.57. The summed E-state index contributed by atoms with van der Waals surface area (Å²) < 4.78 is 5.70. The molecule has 1 aliphatic rings. The third kappa shape index (κ3) is 4.44. The maximum absolute atomic E-state index is 13.2. The van der Waals surface area contributed by atoms with Crippen LogP contribution in [0.1, 0.15) is 56.6 Å². The number of anilines is 1. The van der Waals surface area contributed by atoms with E-state index in [4.69, 9.17) is 16.3 Å². The topological polar surface area (TPSA) is 51.2 Å². The van der Waals surface area contributed by atoms with Crippen LogP contribution >= 0.6 is 11.6 Å². The number of halogens is 1. The number of carbonyl (C=O) groups is 1. The molecule has 5 heteroatoms. The van der Waals surface area contributed by atoms with Crippen LogP contribution in [0.5, 0.6) is 5.88 Å². The van der Waals surface area contributed by atoms with Gasteiger partial charge in [0.25, 0.3) is 0 Å². The van der Waals surface area contributed by atoms with Crippen molar-refractivity contribution < 1.29 is 9.53 Å². The molecule has 3 rings (SSSR count). The second kappa shape index (κ2) is 8.75. The Kier molecular flexibility index (Phi) is 6.38. The number of hydrogen-bond acceptors (Lipinski definition) is 3. The van der Waals surface area contributed by atoms with Gasteiger partial charge in [0.2, 0.25) is 11.8 Å². The van der Waals surface area contributed by atoms with Crippen LogP contribution in [-0.4, -0.2) is 17.5 Å². The first-order valence-electron chi connectivity index (χ1n) is 9.72. The number of benzene rings is 1. The van der Waals surface area contributed by atoms with E-state index < -0.39 is 5.41 Å². The molecule has 0 atom stereocenters. The molecule has 1 aliphatic carbocycles. The Labute approximate surface area is 166 Å². The van der Waals surface area contributed by atoms with Gasteiger partial charge in [0, 0.05) is 10.6 Å². The fourth-order valence-corrected chi connectivity index (χ4v) is 3.87. The van der Waals surface area contributed by atoms with Crippen molar-refractivity contribution in [3.05, 3.63) is 52.7 Å². The summed E-state index contributed by atoms with van der Waals surface area (Å²) in [5.41, 5.74) is 2.18. The average molecular weight is 387 g/mol. The SMILES string of the molecule is CCCCOc1ncc(NC(=O)C2(c3ccc(Cl)cc3)CCCC2)cc1C. The highest BCUT2D eigenvalue weighted by atomic mass is 35.5. The highest BCUT2D eigenvalue weighted by Gasteiger charge is 2.42. The standard InChI is InChI=1S/C22H27ClN2O2/c1-3-4-13-27-20-16(2)14-19(15-24-20)25-21(26)22(11-5-6-12-22)17-7-9-18(23)10-8-17/h7-10,14-15H,3-6,11-13H2,1-2H3,(H,25,26). The van der Waals surface area contributed by atoms with Crippen molar-refractivity contribution in [2.75, 3.05) is 11.9 Å². The Bertz CT molecular complexity index is 783. The maximum Gasteiger partial charge on any atom is 0.235 e. The van der Waals surface area contributed by atoms with Gasteiger partial charge in [0.15, 0.2) is 0 Å². The van der Waals surface area contributed by atoms with E-state index in [9.17, 15) is 4.79 Å². The Hall–Kier alpha value is -2.07. The second-order valence-corrected chi connectivity index (χ2v) is 7.73. The molecule has 1 amide bonds. The van der Waals surface area contributed by atoms with E-state index in [0.717, 1.165) is 49.7 Å². The lowest BCUT2D eigenvalue weighted by atomic mass is 9.78. The van der Waals surface area contributed by atoms with Gasteiger partial charge in [-0.25, -0.2) is 4.98 Å². The number of aromatic nitrogens is 1. The minimum Gasteiger partial charge on any atom is -0.477 e. The van der Waals surface area contributed by atoms with Gasteiger partial charge in [-0.15, -0.1) is 0 Å². The van der Waals surface area contributed by atoms with Gasteiger partial charge in [-0.05, 0) is 49.9 Å². The summed E-state index contributed by atoms with van der Waals surface area (Å²) in [6.45, 7) is 4.74. The predicted octanol–water partition coefficient (Wildman–Crippen LogP) is 5.67. The van der Waals surface area contributed by atoms with E-state index in [1.807, 2.05) is 37.3 Å². The number of nitrogens with zero attached hydrogens (tertiary/aromatic N) is 1. The van der Waals surface area contributed by atoms with E-state index in [2.05, 4.69) is 17.2 Å².